The van der Waals surface area contributed by atoms with Crippen LogP contribution in [0.2, 0.25) is 0 Å². The zero-order chi connectivity index (χ0) is 13.2. The van der Waals surface area contributed by atoms with Crippen LogP contribution in [0.4, 0.5) is 0 Å². The molecule has 96 valence electrons. The molecule has 1 N–H and O–H groups in total. The van der Waals surface area contributed by atoms with Crippen LogP contribution in [-0.4, -0.2) is 32.3 Å². The molecule has 0 saturated heterocycles. The van der Waals surface area contributed by atoms with Crippen molar-refractivity contribution < 1.29 is 4.74 Å². The fourth-order valence-corrected chi connectivity index (χ4v) is 1.83. The molecule has 1 aromatic carbocycles. The van der Waals surface area contributed by atoms with Gasteiger partial charge in [-0.3, -0.25) is 9.89 Å². The van der Waals surface area contributed by atoms with E-state index in [-0.39, 0.29) is 5.56 Å². The van der Waals surface area contributed by atoms with Crippen LogP contribution >= 0.6 is 0 Å². The lowest BCUT2D eigenvalue weighted by Gasteiger charge is -2.05. The third-order valence-corrected chi connectivity index (χ3v) is 2.79. The van der Waals surface area contributed by atoms with Gasteiger partial charge in [0.25, 0.3) is 5.56 Å². The van der Waals surface area contributed by atoms with Gasteiger partial charge in [0.15, 0.2) is 5.52 Å². The molecule has 7 heteroatoms. The van der Waals surface area contributed by atoms with E-state index in [1.54, 1.807) is 7.11 Å². The Hall–Kier alpha value is -2.70. The maximum Gasteiger partial charge on any atom is 0.295 e. The number of methoxy groups -OCH3 is 1. The summed E-state index contributed by atoms with van der Waals surface area (Å²) >= 11 is 0. The second-order valence-corrected chi connectivity index (χ2v) is 4.03. The van der Waals surface area contributed by atoms with Crippen LogP contribution < -0.4 is 10.3 Å². The Balaban J connectivity index is 2.00. The highest BCUT2D eigenvalue weighted by Gasteiger charge is 2.07. The molecule has 0 aliphatic heterocycles. The number of H-pyrrole nitrogens is 1. The third kappa shape index (κ3) is 2.05. The molecule has 0 spiro atoms. The number of hydrogen-bond donors (Lipinski definition) is 1. The Labute approximate surface area is 107 Å². The van der Waals surface area contributed by atoms with Crippen molar-refractivity contribution in [2.45, 2.75) is 6.54 Å². The lowest BCUT2D eigenvalue weighted by molar-refractivity contribution is 0.414. The highest BCUT2D eigenvalue weighted by Crippen LogP contribution is 2.12. The van der Waals surface area contributed by atoms with Gasteiger partial charge in [-0.2, -0.15) is 5.10 Å². The van der Waals surface area contributed by atoms with E-state index < -0.39 is 0 Å². The Morgan fingerprint density at radius 2 is 2.32 bits per heavy atom. The Morgan fingerprint density at radius 1 is 1.42 bits per heavy atom. The summed E-state index contributed by atoms with van der Waals surface area (Å²) in [7, 11) is 1.60. The molecule has 0 amide bonds. The molecule has 2 aromatic heterocycles. The van der Waals surface area contributed by atoms with Crippen molar-refractivity contribution in [1.29, 1.82) is 0 Å². The van der Waals surface area contributed by atoms with Crippen molar-refractivity contribution in [3.05, 3.63) is 46.4 Å². The molecule has 7 nitrogen and oxygen atoms in total. The third-order valence-electron chi connectivity index (χ3n) is 2.79. The van der Waals surface area contributed by atoms with Gasteiger partial charge in [-0.1, -0.05) is 17.3 Å². The Kier molecular flexibility index (Phi) is 2.71. The lowest BCUT2D eigenvalue weighted by atomic mass is 10.2. The summed E-state index contributed by atoms with van der Waals surface area (Å²) in [5.74, 6) is 0.737. The molecule has 0 aliphatic rings. The predicted octanol–water partition coefficient (Wildman–Crippen LogP) is 0.572. The van der Waals surface area contributed by atoms with Crippen LogP contribution in [0.3, 0.4) is 0 Å². The average Bonchev–Trinajstić information content (AvgIpc) is 2.91. The monoisotopic (exact) mass is 257 g/mol. The fraction of sp³-hybridized carbons (Fsp3) is 0.167. The van der Waals surface area contributed by atoms with Gasteiger partial charge in [0.2, 0.25) is 0 Å². The van der Waals surface area contributed by atoms with E-state index in [1.165, 1.54) is 10.9 Å². The quantitative estimate of drug-likeness (QED) is 0.741. The molecular formula is C12H11N5O2. The second kappa shape index (κ2) is 4.52. The van der Waals surface area contributed by atoms with Crippen molar-refractivity contribution in [2.75, 3.05) is 7.11 Å². The molecule has 0 radical (unpaired) electrons. The summed E-state index contributed by atoms with van der Waals surface area (Å²) in [6.45, 7) is 0.331. The van der Waals surface area contributed by atoms with Crippen LogP contribution in [0.5, 0.6) is 5.75 Å². The minimum absolute atomic E-state index is 0.245. The molecule has 2 heterocycles. The number of aromatic amines is 1. The van der Waals surface area contributed by atoms with Gasteiger partial charge in [0.05, 0.1) is 19.9 Å². The van der Waals surface area contributed by atoms with E-state index in [2.05, 4.69) is 20.5 Å². The van der Waals surface area contributed by atoms with Crippen LogP contribution in [0.1, 0.15) is 5.56 Å². The number of aromatic nitrogens is 5. The first-order valence-electron chi connectivity index (χ1n) is 5.68. The van der Waals surface area contributed by atoms with Crippen molar-refractivity contribution in [3.8, 4) is 5.75 Å². The van der Waals surface area contributed by atoms with Gasteiger partial charge in [-0.15, -0.1) is 5.10 Å². The second-order valence-electron chi connectivity index (χ2n) is 4.03. The zero-order valence-corrected chi connectivity index (χ0v) is 10.2. The molecule has 0 unspecified atom stereocenters. The first kappa shape index (κ1) is 11.4. The molecular weight excluding hydrogens is 246 g/mol. The molecule has 3 aromatic rings. The maximum absolute atomic E-state index is 12.1. The maximum atomic E-state index is 12.1. The van der Waals surface area contributed by atoms with Gasteiger partial charge >= 0.3 is 0 Å². The van der Waals surface area contributed by atoms with Gasteiger partial charge in [0, 0.05) is 0 Å². The number of nitrogens with zero attached hydrogens (tertiary/aromatic N) is 4. The predicted molar refractivity (Wildman–Crippen MR) is 68.0 cm³/mol. The molecule has 0 fully saturated rings. The molecule has 0 atom stereocenters. The van der Waals surface area contributed by atoms with Crippen molar-refractivity contribution in [1.82, 2.24) is 25.2 Å². The number of hydrogen-bond acceptors (Lipinski definition) is 5. The average molecular weight is 257 g/mol. The van der Waals surface area contributed by atoms with Crippen LogP contribution in [0.25, 0.3) is 11.0 Å². The SMILES string of the molecule is COc1cccc(Cn2nnc3cn[nH]c3c2=O)c1. The minimum atomic E-state index is -0.245. The van der Waals surface area contributed by atoms with Gasteiger partial charge in [-0.25, -0.2) is 4.68 Å². The highest BCUT2D eigenvalue weighted by molar-refractivity contribution is 5.70. The molecule has 0 aliphatic carbocycles. The first-order chi connectivity index (χ1) is 9.28. The molecule has 0 bridgehead atoms. The van der Waals surface area contributed by atoms with Crippen molar-refractivity contribution in [2.24, 2.45) is 0 Å². The van der Waals surface area contributed by atoms with E-state index in [0.29, 0.717) is 17.6 Å². The van der Waals surface area contributed by atoms with Crippen LogP contribution in [-0.2, 0) is 6.54 Å². The number of nitrogens with one attached hydrogen (secondary N) is 1. The number of rotatable bonds is 3. The standard InChI is InChI=1S/C12H11N5O2/c1-19-9-4-2-3-8(5-9)7-17-12(18)11-10(14-16-17)6-13-15-11/h2-6H,7H2,1H3,(H,13,15). The molecule has 3 rings (SSSR count). The van der Waals surface area contributed by atoms with Gasteiger partial charge in [-0.05, 0) is 17.7 Å². The minimum Gasteiger partial charge on any atom is -0.497 e. The van der Waals surface area contributed by atoms with Crippen LogP contribution in [0.15, 0.2) is 35.3 Å². The van der Waals surface area contributed by atoms with Crippen molar-refractivity contribution in [3.63, 3.8) is 0 Å². The molecule has 0 saturated carbocycles. The summed E-state index contributed by atoms with van der Waals surface area (Å²) in [4.78, 5) is 12.1. The molecule has 19 heavy (non-hydrogen) atoms. The summed E-state index contributed by atoms with van der Waals surface area (Å²) in [5.41, 5.74) is 1.49. The number of ether oxygens (including phenoxy) is 1. The first-order valence-corrected chi connectivity index (χ1v) is 5.68. The number of fused-ring (bicyclic) bond motifs is 1. The van der Waals surface area contributed by atoms with E-state index in [9.17, 15) is 4.79 Å². The summed E-state index contributed by atoms with van der Waals surface area (Å²) < 4.78 is 6.43. The van der Waals surface area contributed by atoms with Crippen molar-refractivity contribution >= 4 is 11.0 Å². The Bertz CT molecular complexity index is 777. The highest BCUT2D eigenvalue weighted by atomic mass is 16.5. The van der Waals surface area contributed by atoms with E-state index >= 15 is 0 Å². The zero-order valence-electron chi connectivity index (χ0n) is 10.2. The lowest BCUT2D eigenvalue weighted by Crippen LogP contribution is -2.24. The topological polar surface area (TPSA) is 85.7 Å². The van der Waals surface area contributed by atoms with E-state index in [1.807, 2.05) is 24.3 Å². The fourth-order valence-electron chi connectivity index (χ4n) is 1.83. The van der Waals surface area contributed by atoms with E-state index in [0.717, 1.165) is 11.3 Å². The summed E-state index contributed by atoms with van der Waals surface area (Å²) in [6, 6.07) is 7.45. The normalized spacial score (nSPS) is 10.8. The largest absolute Gasteiger partial charge is 0.497 e. The van der Waals surface area contributed by atoms with Gasteiger partial charge < -0.3 is 4.74 Å². The van der Waals surface area contributed by atoms with Crippen LogP contribution in [0, 0.1) is 0 Å². The number of benzene rings is 1. The van der Waals surface area contributed by atoms with E-state index in [4.69, 9.17) is 4.74 Å². The van der Waals surface area contributed by atoms with Gasteiger partial charge in [0.1, 0.15) is 11.3 Å². The Morgan fingerprint density at radius 3 is 3.16 bits per heavy atom. The smallest absolute Gasteiger partial charge is 0.295 e. The summed E-state index contributed by atoms with van der Waals surface area (Å²) in [5, 5.41) is 14.2. The summed E-state index contributed by atoms with van der Waals surface area (Å²) in [6.07, 6.45) is 1.47.